The summed E-state index contributed by atoms with van der Waals surface area (Å²) >= 11 is 0. The van der Waals surface area contributed by atoms with Crippen molar-refractivity contribution in [3.8, 4) is 5.75 Å². The van der Waals surface area contributed by atoms with Gasteiger partial charge in [-0.05, 0) is 34.8 Å². The van der Waals surface area contributed by atoms with Crippen LogP contribution in [-0.4, -0.2) is 23.5 Å². The number of aliphatic carboxylic acids is 1. The van der Waals surface area contributed by atoms with Crippen molar-refractivity contribution in [3.05, 3.63) is 71.3 Å². The van der Waals surface area contributed by atoms with Gasteiger partial charge in [-0.2, -0.15) is 0 Å². The predicted octanol–water partition coefficient (Wildman–Crippen LogP) is 4.34. The summed E-state index contributed by atoms with van der Waals surface area (Å²) in [5.41, 5.74) is 2.72. The number of rotatable bonds is 6. The van der Waals surface area contributed by atoms with Crippen LogP contribution in [0.25, 0.3) is 6.08 Å². The van der Waals surface area contributed by atoms with Gasteiger partial charge in [-0.15, -0.1) is 0 Å². The third-order valence-corrected chi connectivity index (χ3v) is 3.71. The molecule has 25 heavy (non-hydrogen) atoms. The van der Waals surface area contributed by atoms with Gasteiger partial charge in [-0.3, -0.25) is 4.79 Å². The summed E-state index contributed by atoms with van der Waals surface area (Å²) in [5, 5.41) is 8.57. The van der Waals surface area contributed by atoms with Crippen LogP contribution < -0.4 is 4.74 Å². The molecule has 0 saturated heterocycles. The van der Waals surface area contributed by atoms with Crippen LogP contribution in [0, 0.1) is 0 Å². The summed E-state index contributed by atoms with van der Waals surface area (Å²) in [6.07, 6.45) is 3.25. The Labute approximate surface area is 147 Å². The summed E-state index contributed by atoms with van der Waals surface area (Å²) < 4.78 is 5.07. The summed E-state index contributed by atoms with van der Waals surface area (Å²) in [6, 6.07) is 14.5. The van der Waals surface area contributed by atoms with Gasteiger partial charge in [-0.25, -0.2) is 4.79 Å². The van der Waals surface area contributed by atoms with Gasteiger partial charge in [0.25, 0.3) is 0 Å². The third kappa shape index (κ3) is 5.60. The van der Waals surface area contributed by atoms with Gasteiger partial charge >= 0.3 is 5.97 Å². The van der Waals surface area contributed by atoms with Crippen LogP contribution in [0.15, 0.2) is 54.6 Å². The summed E-state index contributed by atoms with van der Waals surface area (Å²) in [5.74, 6) is -0.609. The highest BCUT2D eigenvalue weighted by molar-refractivity contribution is 6.06. The SMILES string of the molecule is CC(C)(C)c1ccc(C(=O)/C=C/c2ccc(OCC(=O)O)cc2)cc1. The van der Waals surface area contributed by atoms with Gasteiger partial charge in [-0.1, -0.05) is 63.2 Å². The molecular weight excluding hydrogens is 316 g/mol. The number of carboxylic acid groups (broad SMARTS) is 1. The van der Waals surface area contributed by atoms with E-state index in [4.69, 9.17) is 9.84 Å². The highest BCUT2D eigenvalue weighted by Gasteiger charge is 2.13. The van der Waals surface area contributed by atoms with Crippen LogP contribution >= 0.6 is 0 Å². The molecule has 0 amide bonds. The highest BCUT2D eigenvalue weighted by Crippen LogP contribution is 2.22. The minimum Gasteiger partial charge on any atom is -0.482 e. The Morgan fingerprint density at radius 1 is 1.00 bits per heavy atom. The van der Waals surface area contributed by atoms with Gasteiger partial charge in [0.1, 0.15) is 5.75 Å². The van der Waals surface area contributed by atoms with E-state index < -0.39 is 5.97 Å². The molecule has 0 spiro atoms. The number of carboxylic acids is 1. The zero-order valence-electron chi connectivity index (χ0n) is 14.7. The molecule has 4 heteroatoms. The number of allylic oxidation sites excluding steroid dienone is 1. The molecule has 1 N–H and O–H groups in total. The lowest BCUT2D eigenvalue weighted by molar-refractivity contribution is -0.139. The number of ether oxygens (including phenoxy) is 1. The number of hydrogen-bond donors (Lipinski definition) is 1. The van der Waals surface area contributed by atoms with E-state index in [1.54, 1.807) is 30.3 Å². The average Bonchev–Trinajstić information content (AvgIpc) is 2.58. The van der Waals surface area contributed by atoms with Gasteiger partial charge in [0, 0.05) is 5.56 Å². The summed E-state index contributed by atoms with van der Waals surface area (Å²) in [4.78, 5) is 22.7. The first-order valence-electron chi connectivity index (χ1n) is 8.03. The van der Waals surface area contributed by atoms with E-state index in [0.717, 1.165) is 5.56 Å². The van der Waals surface area contributed by atoms with Crippen LogP contribution in [0.3, 0.4) is 0 Å². The van der Waals surface area contributed by atoms with E-state index in [9.17, 15) is 9.59 Å². The van der Waals surface area contributed by atoms with Gasteiger partial charge in [0.05, 0.1) is 0 Å². The molecular formula is C21H22O4. The van der Waals surface area contributed by atoms with Crippen molar-refractivity contribution in [3.63, 3.8) is 0 Å². The molecule has 0 aromatic heterocycles. The predicted molar refractivity (Wildman–Crippen MR) is 98.1 cm³/mol. The lowest BCUT2D eigenvalue weighted by atomic mass is 9.86. The Morgan fingerprint density at radius 2 is 1.60 bits per heavy atom. The fraction of sp³-hybridized carbons (Fsp3) is 0.238. The van der Waals surface area contributed by atoms with Crippen LogP contribution in [0.2, 0.25) is 0 Å². The zero-order chi connectivity index (χ0) is 18.4. The number of carbonyl (C=O) groups excluding carboxylic acids is 1. The molecule has 4 nitrogen and oxygen atoms in total. The molecule has 0 heterocycles. The van der Waals surface area contributed by atoms with Crippen molar-refractivity contribution in [2.24, 2.45) is 0 Å². The van der Waals surface area contributed by atoms with Crippen LogP contribution in [0.1, 0.15) is 42.3 Å². The zero-order valence-corrected chi connectivity index (χ0v) is 14.7. The second-order valence-electron chi connectivity index (χ2n) is 6.78. The number of ketones is 1. The molecule has 130 valence electrons. The Balaban J connectivity index is 2.01. The smallest absolute Gasteiger partial charge is 0.341 e. The molecule has 2 rings (SSSR count). The van der Waals surface area contributed by atoms with E-state index in [1.165, 1.54) is 11.6 Å². The standard InChI is InChI=1S/C21H22O4/c1-21(2,3)17-9-7-16(8-10-17)19(22)13-6-15-4-11-18(12-5-15)25-14-20(23)24/h4-13H,14H2,1-3H3,(H,23,24)/b13-6+. The van der Waals surface area contributed by atoms with Crippen molar-refractivity contribution < 1.29 is 19.4 Å². The monoisotopic (exact) mass is 338 g/mol. The summed E-state index contributed by atoms with van der Waals surface area (Å²) in [7, 11) is 0. The first-order valence-corrected chi connectivity index (χ1v) is 8.03. The first kappa shape index (κ1) is 18.5. The van der Waals surface area contributed by atoms with Crippen LogP contribution in [0.4, 0.5) is 0 Å². The molecule has 0 radical (unpaired) electrons. The quantitative estimate of drug-likeness (QED) is 0.628. The Hall–Kier alpha value is -2.88. The minimum absolute atomic E-state index is 0.0574. The first-order chi connectivity index (χ1) is 11.8. The van der Waals surface area contributed by atoms with E-state index in [1.807, 2.05) is 24.3 Å². The van der Waals surface area contributed by atoms with Crippen LogP contribution in [-0.2, 0) is 10.2 Å². The maximum Gasteiger partial charge on any atom is 0.341 e. The Kier molecular flexibility index (Phi) is 5.75. The molecule has 2 aromatic rings. The normalized spacial score (nSPS) is 11.5. The number of benzene rings is 2. The van der Waals surface area contributed by atoms with Crippen molar-refractivity contribution >= 4 is 17.8 Å². The molecule has 0 atom stereocenters. The lowest BCUT2D eigenvalue weighted by Crippen LogP contribution is -2.11. The second-order valence-corrected chi connectivity index (χ2v) is 6.78. The lowest BCUT2D eigenvalue weighted by Gasteiger charge is -2.18. The highest BCUT2D eigenvalue weighted by atomic mass is 16.5. The van der Waals surface area contributed by atoms with Crippen molar-refractivity contribution in [1.82, 2.24) is 0 Å². The maximum atomic E-state index is 12.2. The minimum atomic E-state index is -1.02. The van der Waals surface area contributed by atoms with Crippen molar-refractivity contribution in [2.45, 2.75) is 26.2 Å². The van der Waals surface area contributed by atoms with Gasteiger partial charge in [0.2, 0.25) is 0 Å². The average molecular weight is 338 g/mol. The van der Waals surface area contributed by atoms with E-state index >= 15 is 0 Å². The molecule has 0 unspecified atom stereocenters. The fourth-order valence-corrected chi connectivity index (χ4v) is 2.22. The largest absolute Gasteiger partial charge is 0.482 e. The van der Waals surface area contributed by atoms with E-state index in [2.05, 4.69) is 20.8 Å². The molecule has 0 aliphatic heterocycles. The summed E-state index contributed by atoms with van der Waals surface area (Å²) in [6.45, 7) is 6.02. The maximum absolute atomic E-state index is 12.2. The number of carbonyl (C=O) groups is 2. The fourth-order valence-electron chi connectivity index (χ4n) is 2.22. The second kappa shape index (κ2) is 7.79. The topological polar surface area (TPSA) is 63.6 Å². The van der Waals surface area contributed by atoms with Crippen LogP contribution in [0.5, 0.6) is 5.75 Å². The Bertz CT molecular complexity index is 763. The number of hydrogen-bond acceptors (Lipinski definition) is 3. The molecule has 0 aliphatic carbocycles. The van der Waals surface area contributed by atoms with Crippen molar-refractivity contribution in [1.29, 1.82) is 0 Å². The van der Waals surface area contributed by atoms with E-state index in [-0.39, 0.29) is 17.8 Å². The van der Waals surface area contributed by atoms with Crippen molar-refractivity contribution in [2.75, 3.05) is 6.61 Å². The third-order valence-electron chi connectivity index (χ3n) is 3.71. The molecule has 0 aliphatic rings. The van der Waals surface area contributed by atoms with Gasteiger partial charge in [0.15, 0.2) is 12.4 Å². The van der Waals surface area contributed by atoms with Gasteiger partial charge < -0.3 is 9.84 Å². The molecule has 2 aromatic carbocycles. The Morgan fingerprint density at radius 3 is 2.12 bits per heavy atom. The molecule has 0 bridgehead atoms. The molecule has 0 fully saturated rings. The molecule has 0 saturated carbocycles. The van der Waals surface area contributed by atoms with E-state index in [0.29, 0.717) is 11.3 Å².